The summed E-state index contributed by atoms with van der Waals surface area (Å²) in [7, 11) is 3.33. The molecule has 0 aromatic carbocycles. The average molecular weight is 268 g/mol. The van der Waals surface area contributed by atoms with Crippen molar-refractivity contribution in [2.75, 3.05) is 27.4 Å². The van der Waals surface area contributed by atoms with Crippen LogP contribution in [0.4, 0.5) is 0 Å². The van der Waals surface area contributed by atoms with E-state index in [2.05, 4.69) is 10.3 Å². The van der Waals surface area contributed by atoms with Crippen LogP contribution in [0.3, 0.4) is 0 Å². The molecule has 0 fully saturated rings. The van der Waals surface area contributed by atoms with Crippen LogP contribution in [0.25, 0.3) is 10.6 Å². The Morgan fingerprint density at radius 3 is 3.06 bits per heavy atom. The van der Waals surface area contributed by atoms with Crippen LogP contribution >= 0.6 is 11.3 Å². The van der Waals surface area contributed by atoms with Gasteiger partial charge in [0.15, 0.2) is 12.2 Å². The highest BCUT2D eigenvalue weighted by atomic mass is 32.1. The van der Waals surface area contributed by atoms with Gasteiger partial charge in [-0.3, -0.25) is 0 Å². The van der Waals surface area contributed by atoms with Crippen LogP contribution in [0.15, 0.2) is 22.3 Å². The molecule has 2 rings (SSSR count). The van der Waals surface area contributed by atoms with Crippen molar-refractivity contribution in [2.45, 2.75) is 6.54 Å². The minimum atomic E-state index is 0.662. The maximum Gasteiger partial charge on any atom is 0.181 e. The molecule has 5 nitrogen and oxygen atoms in total. The number of nitrogens with one attached hydrogen (secondary N) is 1. The molecule has 1 N–H and O–H groups in total. The van der Waals surface area contributed by atoms with Crippen molar-refractivity contribution < 1.29 is 13.9 Å². The lowest BCUT2D eigenvalue weighted by Gasteiger charge is -2.02. The highest BCUT2D eigenvalue weighted by Gasteiger charge is 2.13. The van der Waals surface area contributed by atoms with Gasteiger partial charge in [-0.25, -0.2) is 4.98 Å². The van der Waals surface area contributed by atoms with E-state index in [4.69, 9.17) is 13.9 Å². The Bertz CT molecular complexity index is 481. The van der Waals surface area contributed by atoms with E-state index < -0.39 is 0 Å². The lowest BCUT2D eigenvalue weighted by molar-refractivity contribution is 0.199. The topological polar surface area (TPSA) is 56.5 Å². The van der Waals surface area contributed by atoms with Crippen LogP contribution < -0.4 is 10.1 Å². The predicted molar refractivity (Wildman–Crippen MR) is 70.0 cm³/mol. The molecule has 0 atom stereocenters. The van der Waals surface area contributed by atoms with Crippen LogP contribution in [-0.4, -0.2) is 32.4 Å². The van der Waals surface area contributed by atoms with Crippen molar-refractivity contribution >= 4 is 11.3 Å². The van der Waals surface area contributed by atoms with Crippen LogP contribution in [-0.2, 0) is 11.3 Å². The minimum Gasteiger partial charge on any atom is -0.496 e. The minimum absolute atomic E-state index is 0.662. The summed E-state index contributed by atoms with van der Waals surface area (Å²) in [6.45, 7) is 2.13. The Balaban J connectivity index is 2.02. The molecule has 0 radical (unpaired) electrons. The first kappa shape index (κ1) is 13.1. The summed E-state index contributed by atoms with van der Waals surface area (Å²) in [6, 6.07) is 1.95. The average Bonchev–Trinajstić information content (AvgIpc) is 3.02. The fourth-order valence-electron chi connectivity index (χ4n) is 1.52. The van der Waals surface area contributed by atoms with Crippen molar-refractivity contribution in [2.24, 2.45) is 0 Å². The number of rotatable bonds is 7. The van der Waals surface area contributed by atoms with Gasteiger partial charge in [-0.15, -0.1) is 11.3 Å². The predicted octanol–water partition coefficient (Wildman–Crippen LogP) is 2.15. The van der Waals surface area contributed by atoms with Gasteiger partial charge in [-0.05, 0) is 0 Å². The van der Waals surface area contributed by atoms with E-state index in [1.54, 1.807) is 25.6 Å². The second-order valence-electron chi connectivity index (χ2n) is 3.65. The lowest BCUT2D eigenvalue weighted by Crippen LogP contribution is -2.19. The quantitative estimate of drug-likeness (QED) is 0.780. The number of thiophene rings is 1. The zero-order valence-corrected chi connectivity index (χ0v) is 11.3. The zero-order valence-electron chi connectivity index (χ0n) is 10.4. The highest BCUT2D eigenvalue weighted by Crippen LogP contribution is 2.32. The lowest BCUT2D eigenvalue weighted by atomic mass is 10.3. The molecule has 98 valence electrons. The van der Waals surface area contributed by atoms with E-state index in [1.807, 2.05) is 11.4 Å². The Labute approximate surface area is 110 Å². The summed E-state index contributed by atoms with van der Waals surface area (Å²) < 4.78 is 15.6. The second kappa shape index (κ2) is 6.53. The molecule has 18 heavy (non-hydrogen) atoms. The second-order valence-corrected chi connectivity index (χ2v) is 4.56. The van der Waals surface area contributed by atoms with Gasteiger partial charge in [-0.1, -0.05) is 0 Å². The largest absolute Gasteiger partial charge is 0.496 e. The summed E-state index contributed by atoms with van der Waals surface area (Å²) in [5, 5.41) is 5.19. The van der Waals surface area contributed by atoms with Crippen molar-refractivity contribution in [1.82, 2.24) is 10.3 Å². The van der Waals surface area contributed by atoms with Crippen LogP contribution in [0.1, 0.15) is 5.69 Å². The molecule has 0 spiro atoms. The Morgan fingerprint density at radius 1 is 1.44 bits per heavy atom. The van der Waals surface area contributed by atoms with E-state index >= 15 is 0 Å². The SMILES string of the molecule is COCCNCc1ncoc1-c1cc(OC)cs1. The molecule has 0 saturated carbocycles. The fourth-order valence-corrected chi connectivity index (χ4v) is 2.39. The molecule has 0 saturated heterocycles. The van der Waals surface area contributed by atoms with Crippen molar-refractivity contribution in [3.63, 3.8) is 0 Å². The third-order valence-electron chi connectivity index (χ3n) is 2.45. The molecule has 6 heteroatoms. The first-order chi connectivity index (χ1) is 8.85. The number of oxazole rings is 1. The van der Waals surface area contributed by atoms with Gasteiger partial charge in [0.1, 0.15) is 11.4 Å². The zero-order chi connectivity index (χ0) is 12.8. The number of hydrogen-bond acceptors (Lipinski definition) is 6. The number of hydrogen-bond donors (Lipinski definition) is 1. The van der Waals surface area contributed by atoms with Gasteiger partial charge in [0.25, 0.3) is 0 Å². The summed E-state index contributed by atoms with van der Waals surface area (Å²) in [6.07, 6.45) is 1.47. The maximum absolute atomic E-state index is 5.44. The van der Waals surface area contributed by atoms with Gasteiger partial charge >= 0.3 is 0 Å². The number of methoxy groups -OCH3 is 2. The fraction of sp³-hybridized carbons (Fsp3) is 0.417. The highest BCUT2D eigenvalue weighted by molar-refractivity contribution is 7.13. The van der Waals surface area contributed by atoms with Gasteiger partial charge in [0, 0.05) is 31.6 Å². The number of ether oxygens (including phenoxy) is 2. The summed E-state index contributed by atoms with van der Waals surface area (Å²) in [5.41, 5.74) is 0.899. The molecule has 0 aliphatic carbocycles. The standard InChI is InChI=1S/C12H16N2O3S/c1-15-4-3-13-6-10-12(17-8-14-10)11-5-9(16-2)7-18-11/h5,7-8,13H,3-4,6H2,1-2H3. The molecule has 0 unspecified atom stereocenters. The first-order valence-electron chi connectivity index (χ1n) is 5.60. The number of aromatic nitrogens is 1. The first-order valence-corrected chi connectivity index (χ1v) is 6.48. The Kier molecular flexibility index (Phi) is 4.74. The van der Waals surface area contributed by atoms with Gasteiger partial charge < -0.3 is 19.2 Å². The maximum atomic E-state index is 5.44. The summed E-state index contributed by atoms with van der Waals surface area (Å²) >= 11 is 1.58. The van der Waals surface area contributed by atoms with E-state index in [1.165, 1.54) is 6.39 Å². The summed E-state index contributed by atoms with van der Waals surface area (Å²) in [5.74, 6) is 1.64. The third kappa shape index (κ3) is 3.10. The molecule has 0 bridgehead atoms. The van der Waals surface area contributed by atoms with E-state index in [0.29, 0.717) is 13.2 Å². The molecule has 0 aliphatic heterocycles. The third-order valence-corrected chi connectivity index (χ3v) is 3.36. The monoisotopic (exact) mass is 268 g/mol. The van der Waals surface area contributed by atoms with Gasteiger partial charge in [0.05, 0.1) is 18.6 Å². The van der Waals surface area contributed by atoms with Crippen LogP contribution in [0, 0.1) is 0 Å². The van der Waals surface area contributed by atoms with Crippen LogP contribution in [0.2, 0.25) is 0 Å². The number of nitrogens with zero attached hydrogens (tertiary/aromatic N) is 1. The molecule has 2 heterocycles. The molecule has 2 aromatic heterocycles. The smallest absolute Gasteiger partial charge is 0.181 e. The molecule has 0 aliphatic rings. The molecule has 0 amide bonds. The Hall–Kier alpha value is -1.37. The van der Waals surface area contributed by atoms with Crippen molar-refractivity contribution in [1.29, 1.82) is 0 Å². The summed E-state index contributed by atoms with van der Waals surface area (Å²) in [4.78, 5) is 5.24. The van der Waals surface area contributed by atoms with Crippen molar-refractivity contribution in [3.8, 4) is 16.4 Å². The van der Waals surface area contributed by atoms with E-state index in [0.717, 1.165) is 28.6 Å². The van der Waals surface area contributed by atoms with Crippen LogP contribution in [0.5, 0.6) is 5.75 Å². The van der Waals surface area contributed by atoms with Gasteiger partial charge in [0.2, 0.25) is 0 Å². The van der Waals surface area contributed by atoms with Crippen molar-refractivity contribution in [3.05, 3.63) is 23.5 Å². The molecular formula is C12H16N2O3S. The molecular weight excluding hydrogens is 252 g/mol. The van der Waals surface area contributed by atoms with E-state index in [-0.39, 0.29) is 0 Å². The van der Waals surface area contributed by atoms with E-state index in [9.17, 15) is 0 Å². The Morgan fingerprint density at radius 2 is 2.33 bits per heavy atom. The van der Waals surface area contributed by atoms with Gasteiger partial charge in [-0.2, -0.15) is 0 Å². The normalized spacial score (nSPS) is 10.8. The molecule has 2 aromatic rings.